The largest absolute Gasteiger partial charge is 0.486 e. The second-order valence-electron chi connectivity index (χ2n) is 4.45. The molecule has 1 aliphatic rings. The third-order valence-corrected chi connectivity index (χ3v) is 4.24. The van der Waals surface area contributed by atoms with Gasteiger partial charge in [0, 0.05) is 6.07 Å². The van der Waals surface area contributed by atoms with Crippen molar-refractivity contribution in [3.05, 3.63) is 48.0 Å². The van der Waals surface area contributed by atoms with E-state index in [9.17, 15) is 8.42 Å². The summed E-state index contributed by atoms with van der Waals surface area (Å²) in [5.41, 5.74) is 0.142. The Balaban J connectivity index is 1.95. The lowest BCUT2D eigenvalue weighted by atomic mass is 10.2. The summed E-state index contributed by atoms with van der Waals surface area (Å²) >= 11 is 0. The van der Waals surface area contributed by atoms with Crippen LogP contribution in [0, 0.1) is 11.3 Å². The van der Waals surface area contributed by atoms with Crippen LogP contribution in [0.15, 0.2) is 47.4 Å². The van der Waals surface area contributed by atoms with Crippen molar-refractivity contribution in [2.24, 2.45) is 0 Å². The minimum Gasteiger partial charge on any atom is -0.486 e. The SMILES string of the molecule is N#Cc1ccccc1OS(=O)(=O)c1ccc2c(c1)OCCO2. The van der Waals surface area contributed by atoms with Crippen LogP contribution in [0.2, 0.25) is 0 Å². The van der Waals surface area contributed by atoms with Crippen LogP contribution in [-0.2, 0) is 10.1 Å². The standard InChI is InChI=1S/C15H11NO5S/c16-10-11-3-1-2-4-13(11)21-22(17,18)12-5-6-14-15(9-12)20-8-7-19-14/h1-6,9H,7-8H2. The Labute approximate surface area is 127 Å². The minimum atomic E-state index is -4.07. The molecule has 112 valence electrons. The molecular formula is C15H11NO5S. The van der Waals surface area contributed by atoms with E-state index < -0.39 is 10.1 Å². The van der Waals surface area contributed by atoms with E-state index in [0.29, 0.717) is 24.7 Å². The lowest BCUT2D eigenvalue weighted by Gasteiger charge is -2.18. The third kappa shape index (κ3) is 2.69. The highest BCUT2D eigenvalue weighted by molar-refractivity contribution is 7.87. The molecule has 2 aromatic rings. The average molecular weight is 317 g/mol. The summed E-state index contributed by atoms with van der Waals surface area (Å²) in [6.07, 6.45) is 0. The first-order valence-corrected chi connectivity index (χ1v) is 7.84. The van der Waals surface area contributed by atoms with Gasteiger partial charge in [-0.15, -0.1) is 0 Å². The van der Waals surface area contributed by atoms with Gasteiger partial charge in [0.05, 0.1) is 5.56 Å². The molecule has 0 amide bonds. The smallest absolute Gasteiger partial charge is 0.339 e. The van der Waals surface area contributed by atoms with Gasteiger partial charge in [0.2, 0.25) is 0 Å². The number of para-hydroxylation sites is 1. The molecule has 2 aromatic carbocycles. The van der Waals surface area contributed by atoms with Crippen molar-refractivity contribution in [3.63, 3.8) is 0 Å². The van der Waals surface area contributed by atoms with Crippen LogP contribution in [0.1, 0.15) is 5.56 Å². The zero-order chi connectivity index (χ0) is 15.6. The Kier molecular flexibility index (Phi) is 3.61. The molecule has 6 nitrogen and oxygen atoms in total. The van der Waals surface area contributed by atoms with Crippen LogP contribution in [0.25, 0.3) is 0 Å². The van der Waals surface area contributed by atoms with E-state index in [1.165, 1.54) is 30.3 Å². The fourth-order valence-electron chi connectivity index (χ4n) is 1.98. The molecule has 0 saturated carbocycles. The van der Waals surface area contributed by atoms with Crippen molar-refractivity contribution in [1.82, 2.24) is 0 Å². The first-order valence-electron chi connectivity index (χ1n) is 6.43. The van der Waals surface area contributed by atoms with Crippen molar-refractivity contribution in [1.29, 1.82) is 5.26 Å². The first-order chi connectivity index (χ1) is 10.6. The normalized spacial score (nSPS) is 13.2. The van der Waals surface area contributed by atoms with E-state index in [4.69, 9.17) is 18.9 Å². The summed E-state index contributed by atoms with van der Waals surface area (Å²) in [5, 5.41) is 8.98. The molecule has 22 heavy (non-hydrogen) atoms. The van der Waals surface area contributed by atoms with Gasteiger partial charge in [-0.05, 0) is 24.3 Å². The van der Waals surface area contributed by atoms with Gasteiger partial charge in [0.25, 0.3) is 0 Å². The van der Waals surface area contributed by atoms with Gasteiger partial charge in [-0.3, -0.25) is 0 Å². The molecule has 0 bridgehead atoms. The Morgan fingerprint density at radius 2 is 1.77 bits per heavy atom. The highest BCUT2D eigenvalue weighted by atomic mass is 32.2. The van der Waals surface area contributed by atoms with Crippen LogP contribution in [-0.4, -0.2) is 21.6 Å². The number of rotatable bonds is 3. The van der Waals surface area contributed by atoms with Gasteiger partial charge in [0.15, 0.2) is 17.2 Å². The molecule has 0 fully saturated rings. The number of ether oxygens (including phenoxy) is 2. The maximum Gasteiger partial charge on any atom is 0.339 e. The molecule has 7 heteroatoms. The van der Waals surface area contributed by atoms with Crippen molar-refractivity contribution in [2.75, 3.05) is 13.2 Å². The molecule has 0 spiro atoms. The Hall–Kier alpha value is -2.72. The molecule has 0 aliphatic carbocycles. The molecule has 1 heterocycles. The molecule has 0 saturated heterocycles. The topological polar surface area (TPSA) is 85.6 Å². The van der Waals surface area contributed by atoms with Crippen molar-refractivity contribution >= 4 is 10.1 Å². The summed E-state index contributed by atoms with van der Waals surface area (Å²) in [7, 11) is -4.07. The lowest BCUT2D eigenvalue weighted by molar-refractivity contribution is 0.171. The summed E-state index contributed by atoms with van der Waals surface area (Å²) in [6.45, 7) is 0.778. The van der Waals surface area contributed by atoms with Crippen molar-refractivity contribution in [2.45, 2.75) is 4.90 Å². The Morgan fingerprint density at radius 3 is 2.55 bits per heavy atom. The van der Waals surface area contributed by atoms with Gasteiger partial charge in [-0.2, -0.15) is 13.7 Å². The number of nitrogens with zero attached hydrogens (tertiary/aromatic N) is 1. The molecule has 0 radical (unpaired) electrons. The molecule has 3 rings (SSSR count). The van der Waals surface area contributed by atoms with Crippen LogP contribution >= 0.6 is 0 Å². The predicted octanol–water partition coefficient (Wildman–Crippen LogP) is 2.10. The fraction of sp³-hybridized carbons (Fsp3) is 0.133. The first kappa shape index (κ1) is 14.2. The van der Waals surface area contributed by atoms with E-state index in [1.54, 1.807) is 12.1 Å². The van der Waals surface area contributed by atoms with Crippen molar-refractivity contribution < 1.29 is 22.1 Å². The minimum absolute atomic E-state index is 0.0140. The van der Waals surface area contributed by atoms with Crippen molar-refractivity contribution in [3.8, 4) is 23.3 Å². The molecular weight excluding hydrogens is 306 g/mol. The highest BCUT2D eigenvalue weighted by Crippen LogP contribution is 2.33. The van der Waals surface area contributed by atoms with E-state index >= 15 is 0 Å². The summed E-state index contributed by atoms with van der Waals surface area (Å²) in [5.74, 6) is 0.826. The lowest BCUT2D eigenvalue weighted by Crippen LogP contribution is -2.16. The maximum atomic E-state index is 12.3. The molecule has 0 atom stereocenters. The van der Waals surface area contributed by atoms with Gasteiger partial charge in [-0.25, -0.2) is 0 Å². The number of hydrogen-bond donors (Lipinski definition) is 0. The highest BCUT2D eigenvalue weighted by Gasteiger charge is 2.22. The third-order valence-electron chi connectivity index (χ3n) is 3.01. The van der Waals surface area contributed by atoms with E-state index in [2.05, 4.69) is 0 Å². The van der Waals surface area contributed by atoms with E-state index in [-0.39, 0.29) is 16.2 Å². The number of nitriles is 1. The molecule has 0 aromatic heterocycles. The summed E-state index contributed by atoms with van der Waals surface area (Å²) < 4.78 is 40.4. The summed E-state index contributed by atoms with van der Waals surface area (Å²) in [6, 6.07) is 12.2. The van der Waals surface area contributed by atoms with Gasteiger partial charge in [0.1, 0.15) is 24.2 Å². The summed E-state index contributed by atoms with van der Waals surface area (Å²) in [4.78, 5) is -0.0653. The zero-order valence-electron chi connectivity index (χ0n) is 11.4. The van der Waals surface area contributed by atoms with Crippen LogP contribution in [0.5, 0.6) is 17.2 Å². The number of benzene rings is 2. The van der Waals surface area contributed by atoms with Gasteiger partial charge in [-0.1, -0.05) is 12.1 Å². The monoisotopic (exact) mass is 317 g/mol. The van der Waals surface area contributed by atoms with Crippen LogP contribution in [0.4, 0.5) is 0 Å². The second kappa shape index (κ2) is 5.58. The fourth-order valence-corrected chi connectivity index (χ4v) is 2.94. The van der Waals surface area contributed by atoms with Crippen LogP contribution < -0.4 is 13.7 Å². The van der Waals surface area contributed by atoms with E-state index in [0.717, 1.165) is 0 Å². The van der Waals surface area contributed by atoms with Crippen LogP contribution in [0.3, 0.4) is 0 Å². The quantitative estimate of drug-likeness (QED) is 0.806. The van der Waals surface area contributed by atoms with Gasteiger partial charge < -0.3 is 13.7 Å². The Bertz CT molecular complexity index is 854. The molecule has 1 aliphatic heterocycles. The second-order valence-corrected chi connectivity index (χ2v) is 6.00. The number of fused-ring (bicyclic) bond motifs is 1. The Morgan fingerprint density at radius 1 is 1.05 bits per heavy atom. The van der Waals surface area contributed by atoms with E-state index in [1.807, 2.05) is 6.07 Å². The van der Waals surface area contributed by atoms with Gasteiger partial charge >= 0.3 is 10.1 Å². The number of hydrogen-bond acceptors (Lipinski definition) is 6. The maximum absolute atomic E-state index is 12.3. The molecule has 0 N–H and O–H groups in total. The molecule has 0 unspecified atom stereocenters. The average Bonchev–Trinajstić information content (AvgIpc) is 2.54. The predicted molar refractivity (Wildman–Crippen MR) is 76.4 cm³/mol. The zero-order valence-corrected chi connectivity index (χ0v) is 12.2.